The number of para-hydroxylation sites is 1. The molecule has 0 heterocycles. The molecule has 0 amide bonds. The van der Waals surface area contributed by atoms with Crippen LogP contribution < -0.4 is 4.74 Å². The highest BCUT2D eigenvalue weighted by molar-refractivity contribution is 5.75. The number of hydrogen-bond donors (Lipinski definition) is 1. The van der Waals surface area contributed by atoms with Crippen LogP contribution in [0.4, 0.5) is 0 Å². The maximum atomic E-state index is 11.4. The maximum Gasteiger partial charge on any atom is 0.376 e. The fraction of sp³-hybridized carbons (Fsp3) is 0.188. The molecule has 4 heteroatoms. The Morgan fingerprint density at radius 3 is 2.15 bits per heavy atom. The van der Waals surface area contributed by atoms with Crippen LogP contribution in [0, 0.1) is 0 Å². The van der Waals surface area contributed by atoms with Crippen molar-refractivity contribution in [3.05, 3.63) is 66.2 Å². The van der Waals surface area contributed by atoms with Crippen molar-refractivity contribution >= 4 is 5.97 Å². The van der Waals surface area contributed by atoms with Crippen LogP contribution in [0.1, 0.15) is 12.5 Å². The average Bonchev–Trinajstić information content (AvgIpc) is 2.47. The van der Waals surface area contributed by atoms with Gasteiger partial charge in [-0.2, -0.15) is 0 Å². The standard InChI is InChI=1S/C16H16O4/c1-16(15(17)18,20-14-10-6-3-7-11-14)19-12-13-8-4-2-5-9-13/h2-11H,12H2,1H3,(H,17,18). The Hall–Kier alpha value is -2.33. The first-order valence-corrected chi connectivity index (χ1v) is 6.25. The minimum absolute atomic E-state index is 0.163. The Morgan fingerprint density at radius 2 is 1.60 bits per heavy atom. The first kappa shape index (κ1) is 14.1. The average molecular weight is 272 g/mol. The van der Waals surface area contributed by atoms with E-state index in [0.717, 1.165) is 5.56 Å². The zero-order valence-electron chi connectivity index (χ0n) is 11.2. The highest BCUT2D eigenvalue weighted by atomic mass is 16.7. The summed E-state index contributed by atoms with van der Waals surface area (Å²) in [6.45, 7) is 1.56. The molecule has 0 aliphatic carbocycles. The Kier molecular flexibility index (Phi) is 4.38. The highest BCUT2D eigenvalue weighted by Gasteiger charge is 2.37. The lowest BCUT2D eigenvalue weighted by Crippen LogP contribution is -2.44. The molecule has 0 radical (unpaired) electrons. The number of ether oxygens (including phenoxy) is 2. The van der Waals surface area contributed by atoms with Gasteiger partial charge in [0.1, 0.15) is 5.75 Å². The SMILES string of the molecule is CC(OCc1ccccc1)(Oc1ccccc1)C(=O)O. The first-order chi connectivity index (χ1) is 9.60. The fourth-order valence-corrected chi connectivity index (χ4v) is 1.64. The molecule has 0 saturated carbocycles. The molecular formula is C16H16O4. The van der Waals surface area contributed by atoms with Crippen molar-refractivity contribution < 1.29 is 19.4 Å². The molecule has 0 aliphatic rings. The van der Waals surface area contributed by atoms with E-state index in [0.29, 0.717) is 5.75 Å². The van der Waals surface area contributed by atoms with Crippen molar-refractivity contribution in [2.45, 2.75) is 19.3 Å². The zero-order valence-corrected chi connectivity index (χ0v) is 11.2. The van der Waals surface area contributed by atoms with Crippen molar-refractivity contribution in [1.82, 2.24) is 0 Å². The molecule has 0 saturated heterocycles. The number of aliphatic carboxylic acids is 1. The number of hydrogen-bond acceptors (Lipinski definition) is 3. The van der Waals surface area contributed by atoms with Gasteiger partial charge in [0.2, 0.25) is 0 Å². The molecule has 2 aromatic carbocycles. The van der Waals surface area contributed by atoms with E-state index < -0.39 is 11.8 Å². The van der Waals surface area contributed by atoms with Crippen LogP contribution in [-0.4, -0.2) is 16.9 Å². The summed E-state index contributed by atoms with van der Waals surface area (Å²) >= 11 is 0. The molecule has 0 aromatic heterocycles. The second-order valence-corrected chi connectivity index (χ2v) is 4.44. The van der Waals surface area contributed by atoms with Crippen LogP contribution in [0.25, 0.3) is 0 Å². The van der Waals surface area contributed by atoms with Crippen LogP contribution in [0.15, 0.2) is 60.7 Å². The first-order valence-electron chi connectivity index (χ1n) is 6.25. The molecule has 4 nitrogen and oxygen atoms in total. The maximum absolute atomic E-state index is 11.4. The lowest BCUT2D eigenvalue weighted by Gasteiger charge is -2.26. The summed E-state index contributed by atoms with van der Waals surface area (Å²) in [6.07, 6.45) is 0. The van der Waals surface area contributed by atoms with Gasteiger partial charge in [0, 0.05) is 6.92 Å². The van der Waals surface area contributed by atoms with Crippen molar-refractivity contribution in [3.8, 4) is 5.75 Å². The van der Waals surface area contributed by atoms with E-state index in [-0.39, 0.29) is 6.61 Å². The van der Waals surface area contributed by atoms with Crippen molar-refractivity contribution in [3.63, 3.8) is 0 Å². The summed E-state index contributed by atoms with van der Waals surface area (Å²) in [5.74, 6) is -2.44. The molecule has 2 rings (SSSR count). The van der Waals surface area contributed by atoms with E-state index in [1.807, 2.05) is 36.4 Å². The largest absolute Gasteiger partial charge is 0.476 e. The van der Waals surface area contributed by atoms with Crippen LogP contribution >= 0.6 is 0 Å². The Bertz CT molecular complexity index is 553. The second-order valence-electron chi connectivity index (χ2n) is 4.44. The third kappa shape index (κ3) is 3.59. The van der Waals surface area contributed by atoms with Crippen LogP contribution in [0.2, 0.25) is 0 Å². The van der Waals surface area contributed by atoms with E-state index in [2.05, 4.69) is 0 Å². The molecule has 20 heavy (non-hydrogen) atoms. The van der Waals surface area contributed by atoms with Gasteiger partial charge >= 0.3 is 11.8 Å². The van der Waals surface area contributed by atoms with Gasteiger partial charge in [-0.3, -0.25) is 0 Å². The summed E-state index contributed by atoms with van der Waals surface area (Å²) in [4.78, 5) is 11.4. The molecular weight excluding hydrogens is 256 g/mol. The number of rotatable bonds is 6. The van der Waals surface area contributed by atoms with Gasteiger partial charge in [-0.25, -0.2) is 4.79 Å². The van der Waals surface area contributed by atoms with Crippen molar-refractivity contribution in [1.29, 1.82) is 0 Å². The van der Waals surface area contributed by atoms with E-state index >= 15 is 0 Å². The zero-order chi connectivity index (χ0) is 14.4. The second kappa shape index (κ2) is 6.21. The molecule has 0 spiro atoms. The monoisotopic (exact) mass is 272 g/mol. The smallest absolute Gasteiger partial charge is 0.376 e. The van der Waals surface area contributed by atoms with Gasteiger partial charge in [-0.1, -0.05) is 48.5 Å². The summed E-state index contributed by atoms with van der Waals surface area (Å²) in [5, 5.41) is 9.32. The van der Waals surface area contributed by atoms with Gasteiger partial charge in [-0.15, -0.1) is 0 Å². The molecule has 0 fully saturated rings. The lowest BCUT2D eigenvalue weighted by molar-refractivity contribution is -0.209. The van der Waals surface area contributed by atoms with Gasteiger partial charge < -0.3 is 14.6 Å². The Balaban J connectivity index is 2.08. The van der Waals surface area contributed by atoms with Gasteiger partial charge in [0.25, 0.3) is 0 Å². The lowest BCUT2D eigenvalue weighted by atomic mass is 10.2. The molecule has 0 bridgehead atoms. The van der Waals surface area contributed by atoms with Gasteiger partial charge in [0.05, 0.1) is 6.61 Å². The summed E-state index contributed by atoms with van der Waals surface area (Å²) < 4.78 is 10.9. The quantitative estimate of drug-likeness (QED) is 0.821. The Labute approximate surface area is 117 Å². The molecule has 104 valence electrons. The van der Waals surface area contributed by atoms with E-state index in [4.69, 9.17) is 9.47 Å². The number of carboxylic acid groups (broad SMARTS) is 1. The third-order valence-electron chi connectivity index (χ3n) is 2.80. The summed E-state index contributed by atoms with van der Waals surface area (Å²) in [6, 6.07) is 18.1. The fourth-order valence-electron chi connectivity index (χ4n) is 1.64. The molecule has 0 aliphatic heterocycles. The normalized spacial score (nSPS) is 13.4. The molecule has 2 aromatic rings. The third-order valence-corrected chi connectivity index (χ3v) is 2.80. The number of carboxylic acids is 1. The number of benzene rings is 2. The summed E-state index contributed by atoms with van der Waals surface area (Å²) in [5.41, 5.74) is 0.886. The topological polar surface area (TPSA) is 55.8 Å². The number of carbonyl (C=O) groups is 1. The summed E-state index contributed by atoms with van der Waals surface area (Å²) in [7, 11) is 0. The van der Waals surface area contributed by atoms with E-state index in [1.165, 1.54) is 6.92 Å². The van der Waals surface area contributed by atoms with E-state index in [1.54, 1.807) is 24.3 Å². The van der Waals surface area contributed by atoms with Crippen LogP contribution in [-0.2, 0) is 16.1 Å². The predicted octanol–water partition coefficient (Wildman–Crippen LogP) is 3.08. The predicted molar refractivity (Wildman–Crippen MR) is 74.3 cm³/mol. The minimum atomic E-state index is -1.73. The molecule has 1 atom stereocenters. The molecule has 1 unspecified atom stereocenters. The van der Waals surface area contributed by atoms with Crippen molar-refractivity contribution in [2.75, 3.05) is 0 Å². The van der Waals surface area contributed by atoms with Gasteiger partial charge in [0.15, 0.2) is 0 Å². The Morgan fingerprint density at radius 1 is 1.05 bits per heavy atom. The molecule has 1 N–H and O–H groups in total. The minimum Gasteiger partial charge on any atom is -0.476 e. The highest BCUT2D eigenvalue weighted by Crippen LogP contribution is 2.21. The van der Waals surface area contributed by atoms with Crippen LogP contribution in [0.3, 0.4) is 0 Å². The van der Waals surface area contributed by atoms with Gasteiger partial charge in [-0.05, 0) is 17.7 Å². The van der Waals surface area contributed by atoms with E-state index in [9.17, 15) is 9.90 Å². The van der Waals surface area contributed by atoms with Crippen LogP contribution in [0.5, 0.6) is 5.75 Å². The van der Waals surface area contributed by atoms with Crippen molar-refractivity contribution in [2.24, 2.45) is 0 Å².